The van der Waals surface area contributed by atoms with Crippen molar-refractivity contribution in [3.8, 4) is 11.5 Å². The van der Waals surface area contributed by atoms with Gasteiger partial charge in [0.2, 0.25) is 0 Å². The molecule has 44 heavy (non-hydrogen) atoms. The number of rotatable bonds is 12. The summed E-state index contributed by atoms with van der Waals surface area (Å²) in [6.45, 7) is 1.02. The Bertz CT molecular complexity index is 1600. The van der Waals surface area contributed by atoms with Crippen molar-refractivity contribution in [2.24, 2.45) is 0 Å². The molecule has 4 heteroatoms. The average molecular weight is 660 g/mol. The van der Waals surface area contributed by atoms with Crippen LogP contribution in [0.3, 0.4) is 0 Å². The van der Waals surface area contributed by atoms with Gasteiger partial charge in [0.05, 0.1) is 6.16 Å². The number of halogens is 1. The SMILES string of the molecule is [Br-].c1ccc(COc2ccc(CC[P+](c3ccccc3)(c3ccccc3)c3ccccc3)c(OCc3ccccc3)c2)cc1. The van der Waals surface area contributed by atoms with Gasteiger partial charge in [-0.25, -0.2) is 0 Å². The Morgan fingerprint density at radius 1 is 0.432 bits per heavy atom. The molecule has 0 aliphatic rings. The second-order valence-corrected chi connectivity index (χ2v) is 14.2. The van der Waals surface area contributed by atoms with Crippen molar-refractivity contribution in [2.45, 2.75) is 19.6 Å². The molecule has 0 fully saturated rings. The Morgan fingerprint density at radius 3 is 1.30 bits per heavy atom. The van der Waals surface area contributed by atoms with E-state index in [1.807, 2.05) is 24.3 Å². The first-order chi connectivity index (χ1) is 21.3. The predicted molar refractivity (Wildman–Crippen MR) is 182 cm³/mol. The van der Waals surface area contributed by atoms with Gasteiger partial charge in [-0.15, -0.1) is 0 Å². The maximum atomic E-state index is 6.53. The second kappa shape index (κ2) is 15.5. The highest BCUT2D eigenvalue weighted by atomic mass is 79.9. The lowest BCUT2D eigenvalue weighted by Crippen LogP contribution is -3.00. The molecule has 6 rings (SSSR count). The summed E-state index contributed by atoms with van der Waals surface area (Å²) in [6, 6.07) is 60.1. The molecule has 0 aliphatic heterocycles. The number of benzene rings is 6. The molecule has 0 spiro atoms. The van der Waals surface area contributed by atoms with Crippen LogP contribution in [0.15, 0.2) is 170 Å². The molecule has 0 aromatic heterocycles. The Morgan fingerprint density at radius 2 is 0.841 bits per heavy atom. The number of ether oxygens (including phenoxy) is 2. The van der Waals surface area contributed by atoms with Crippen LogP contribution in [-0.4, -0.2) is 6.16 Å². The van der Waals surface area contributed by atoms with Gasteiger partial charge in [0, 0.05) is 12.5 Å². The molecule has 0 unspecified atom stereocenters. The van der Waals surface area contributed by atoms with Crippen LogP contribution >= 0.6 is 7.26 Å². The van der Waals surface area contributed by atoms with Crippen LogP contribution in [0, 0.1) is 0 Å². The first-order valence-electron chi connectivity index (χ1n) is 14.8. The van der Waals surface area contributed by atoms with Crippen molar-refractivity contribution in [1.82, 2.24) is 0 Å². The highest BCUT2D eigenvalue weighted by molar-refractivity contribution is 7.95. The van der Waals surface area contributed by atoms with Crippen molar-refractivity contribution >= 4 is 23.2 Å². The van der Waals surface area contributed by atoms with Gasteiger partial charge in [0.1, 0.15) is 47.9 Å². The summed E-state index contributed by atoms with van der Waals surface area (Å²) in [4.78, 5) is 0. The van der Waals surface area contributed by atoms with E-state index in [2.05, 4.69) is 146 Å². The van der Waals surface area contributed by atoms with E-state index in [1.165, 1.54) is 21.5 Å². The first-order valence-corrected chi connectivity index (χ1v) is 16.8. The fraction of sp³-hybridized carbons (Fsp3) is 0.100. The van der Waals surface area contributed by atoms with E-state index in [-0.39, 0.29) is 17.0 Å². The molecular formula is C40H36BrO2P. The summed E-state index contributed by atoms with van der Waals surface area (Å²) >= 11 is 0. The molecule has 220 valence electrons. The minimum atomic E-state index is -1.97. The Labute approximate surface area is 272 Å². The Hall–Kier alpha value is -4.17. The molecule has 0 saturated heterocycles. The van der Waals surface area contributed by atoms with E-state index in [9.17, 15) is 0 Å². The van der Waals surface area contributed by atoms with Gasteiger partial charge in [-0.3, -0.25) is 0 Å². The maximum Gasteiger partial charge on any atom is 0.126 e. The van der Waals surface area contributed by atoms with Crippen molar-refractivity contribution < 1.29 is 26.5 Å². The fourth-order valence-corrected chi connectivity index (χ4v) is 9.90. The lowest BCUT2D eigenvalue weighted by Gasteiger charge is -2.28. The van der Waals surface area contributed by atoms with E-state index < -0.39 is 7.26 Å². The van der Waals surface area contributed by atoms with Crippen molar-refractivity contribution in [2.75, 3.05) is 6.16 Å². The zero-order chi connectivity index (χ0) is 29.2. The second-order valence-electron chi connectivity index (χ2n) is 10.6. The molecule has 0 radical (unpaired) electrons. The number of hydrogen-bond donors (Lipinski definition) is 0. The highest BCUT2D eigenvalue weighted by Crippen LogP contribution is 2.55. The van der Waals surface area contributed by atoms with Crippen molar-refractivity contribution in [3.63, 3.8) is 0 Å². The summed E-state index contributed by atoms with van der Waals surface area (Å²) in [7, 11) is -1.97. The van der Waals surface area contributed by atoms with Gasteiger partial charge in [0.25, 0.3) is 0 Å². The van der Waals surface area contributed by atoms with Crippen LogP contribution in [0.2, 0.25) is 0 Å². The summed E-state index contributed by atoms with van der Waals surface area (Å²) in [5.74, 6) is 1.69. The molecule has 0 atom stereocenters. The molecule has 0 N–H and O–H groups in total. The molecule has 6 aromatic rings. The monoisotopic (exact) mass is 658 g/mol. The van der Waals surface area contributed by atoms with Crippen LogP contribution in [0.1, 0.15) is 16.7 Å². The quantitative estimate of drug-likeness (QED) is 0.164. The topological polar surface area (TPSA) is 18.5 Å². The first kappa shape index (κ1) is 31.3. The molecule has 0 bridgehead atoms. The summed E-state index contributed by atoms with van der Waals surface area (Å²) in [6.07, 6.45) is 1.85. The minimum absolute atomic E-state index is 0. The molecule has 6 aromatic carbocycles. The number of hydrogen-bond acceptors (Lipinski definition) is 2. The Balaban J connectivity index is 0.00000384. The molecule has 0 saturated carbocycles. The smallest absolute Gasteiger partial charge is 0.126 e. The van der Waals surface area contributed by atoms with Crippen LogP contribution in [0.4, 0.5) is 0 Å². The van der Waals surface area contributed by atoms with Gasteiger partial charge in [0.15, 0.2) is 0 Å². The zero-order valence-electron chi connectivity index (χ0n) is 24.6. The molecular weight excluding hydrogens is 623 g/mol. The summed E-state index contributed by atoms with van der Waals surface area (Å²) in [5.41, 5.74) is 3.47. The molecule has 2 nitrogen and oxygen atoms in total. The minimum Gasteiger partial charge on any atom is -1.00 e. The third-order valence-electron chi connectivity index (χ3n) is 7.83. The van der Waals surface area contributed by atoms with Crippen LogP contribution in [-0.2, 0) is 19.6 Å². The highest BCUT2D eigenvalue weighted by Gasteiger charge is 2.44. The zero-order valence-corrected chi connectivity index (χ0v) is 27.1. The van der Waals surface area contributed by atoms with Crippen molar-refractivity contribution in [1.29, 1.82) is 0 Å². The van der Waals surface area contributed by atoms with Gasteiger partial charge < -0.3 is 26.5 Å². The van der Waals surface area contributed by atoms with E-state index in [4.69, 9.17) is 9.47 Å². The van der Waals surface area contributed by atoms with E-state index in [0.29, 0.717) is 13.2 Å². The average Bonchev–Trinajstić information content (AvgIpc) is 3.09. The molecule has 0 heterocycles. The third-order valence-corrected chi connectivity index (χ3v) is 12.3. The van der Waals surface area contributed by atoms with Gasteiger partial charge in [-0.05, 0) is 59.2 Å². The standard InChI is InChI=1S/C40H36O2P.BrH/c1-6-16-33(17-7-1)31-41-36-27-26-35(40(30-36)42-32-34-18-8-2-9-19-34)28-29-43(37-20-10-3-11-21-37,38-22-12-4-13-23-38)39-24-14-5-15-25-39;/h1-27,30H,28-29,31-32H2;1H/q+1;/p-1. The maximum absolute atomic E-state index is 6.53. The molecule has 0 amide bonds. The third kappa shape index (κ3) is 7.48. The lowest BCUT2D eigenvalue weighted by atomic mass is 10.1. The fourth-order valence-electron chi connectivity index (χ4n) is 5.61. The van der Waals surface area contributed by atoms with Gasteiger partial charge in [-0.1, -0.05) is 121 Å². The van der Waals surface area contributed by atoms with Crippen LogP contribution in [0.25, 0.3) is 0 Å². The van der Waals surface area contributed by atoms with Crippen LogP contribution < -0.4 is 42.4 Å². The number of aryl methyl sites for hydroxylation is 1. The van der Waals surface area contributed by atoms with Gasteiger partial charge >= 0.3 is 0 Å². The van der Waals surface area contributed by atoms with E-state index in [0.717, 1.165) is 35.2 Å². The van der Waals surface area contributed by atoms with E-state index in [1.54, 1.807) is 0 Å². The van der Waals surface area contributed by atoms with E-state index >= 15 is 0 Å². The normalized spacial score (nSPS) is 10.9. The Kier molecular flexibility index (Phi) is 11.0. The predicted octanol–water partition coefficient (Wildman–Crippen LogP) is 5.39. The molecule has 0 aliphatic carbocycles. The summed E-state index contributed by atoms with van der Waals surface area (Å²) < 4.78 is 12.8. The lowest BCUT2D eigenvalue weighted by molar-refractivity contribution is -0.00000908. The van der Waals surface area contributed by atoms with Gasteiger partial charge in [-0.2, -0.15) is 0 Å². The van der Waals surface area contributed by atoms with Crippen molar-refractivity contribution in [3.05, 3.63) is 187 Å². The summed E-state index contributed by atoms with van der Waals surface area (Å²) in [5, 5.41) is 4.17. The largest absolute Gasteiger partial charge is 1.00 e. The van der Waals surface area contributed by atoms with Crippen LogP contribution in [0.5, 0.6) is 11.5 Å².